The van der Waals surface area contributed by atoms with E-state index in [2.05, 4.69) is 0 Å². The van der Waals surface area contributed by atoms with Crippen molar-refractivity contribution in [2.45, 2.75) is 18.6 Å². The van der Waals surface area contributed by atoms with Crippen LogP contribution in [0.15, 0.2) is 30.3 Å². The van der Waals surface area contributed by atoms with Crippen molar-refractivity contribution in [1.29, 1.82) is 0 Å². The first-order chi connectivity index (χ1) is 12.2. The van der Waals surface area contributed by atoms with Crippen LogP contribution in [-0.4, -0.2) is 41.5 Å². The van der Waals surface area contributed by atoms with Gasteiger partial charge in [0.15, 0.2) is 17.6 Å². The fraction of sp³-hybridized carbons (Fsp3) is 0.250. The molecule has 3 rings (SSSR count). The van der Waals surface area contributed by atoms with Gasteiger partial charge >= 0.3 is 10.4 Å². The predicted octanol–water partition coefficient (Wildman–Crippen LogP) is 1.68. The van der Waals surface area contributed by atoms with Gasteiger partial charge in [0, 0.05) is 24.1 Å². The second-order valence-corrected chi connectivity index (χ2v) is 6.73. The standard InChI is InChI=1S/C16H16O9S/c1-23-13-3-2-8(4-12(13)19)16-15(25-26(20,21)22)7-10-11(18)5-9(17)6-14(10)24-16/h2-6,15-19H,7H2,1H3,(H,20,21,22)/t15-,16+/m0/s1. The highest BCUT2D eigenvalue weighted by Gasteiger charge is 2.37. The van der Waals surface area contributed by atoms with Gasteiger partial charge in [-0.05, 0) is 17.7 Å². The van der Waals surface area contributed by atoms with Gasteiger partial charge in [-0.2, -0.15) is 8.42 Å². The van der Waals surface area contributed by atoms with Crippen LogP contribution in [-0.2, 0) is 21.0 Å². The van der Waals surface area contributed by atoms with E-state index in [0.29, 0.717) is 5.56 Å². The number of methoxy groups -OCH3 is 1. The molecule has 0 unspecified atom stereocenters. The average Bonchev–Trinajstić information content (AvgIpc) is 2.53. The molecule has 0 radical (unpaired) electrons. The van der Waals surface area contributed by atoms with E-state index in [1.54, 1.807) is 0 Å². The summed E-state index contributed by atoms with van der Waals surface area (Å²) in [6, 6.07) is 6.62. The van der Waals surface area contributed by atoms with Crippen LogP contribution in [0, 0.1) is 0 Å². The Bertz CT molecular complexity index is 939. The van der Waals surface area contributed by atoms with Crippen molar-refractivity contribution in [2.75, 3.05) is 7.11 Å². The van der Waals surface area contributed by atoms with E-state index in [9.17, 15) is 23.7 Å². The van der Waals surface area contributed by atoms with Gasteiger partial charge < -0.3 is 24.8 Å². The van der Waals surface area contributed by atoms with Crippen LogP contribution < -0.4 is 9.47 Å². The summed E-state index contributed by atoms with van der Waals surface area (Å²) in [6.45, 7) is 0. The summed E-state index contributed by atoms with van der Waals surface area (Å²) in [4.78, 5) is 0. The van der Waals surface area contributed by atoms with Crippen LogP contribution in [0.25, 0.3) is 0 Å². The molecule has 0 aromatic heterocycles. The number of ether oxygens (including phenoxy) is 2. The first-order valence-electron chi connectivity index (χ1n) is 7.42. The monoisotopic (exact) mass is 384 g/mol. The van der Waals surface area contributed by atoms with Crippen molar-refractivity contribution in [3.05, 3.63) is 41.5 Å². The van der Waals surface area contributed by atoms with E-state index < -0.39 is 22.6 Å². The van der Waals surface area contributed by atoms with Gasteiger partial charge in [-0.1, -0.05) is 6.07 Å². The lowest BCUT2D eigenvalue weighted by Gasteiger charge is -2.33. The second kappa shape index (κ2) is 6.56. The van der Waals surface area contributed by atoms with Crippen LogP contribution in [0.1, 0.15) is 17.2 Å². The average molecular weight is 384 g/mol. The highest BCUT2D eigenvalue weighted by molar-refractivity contribution is 7.80. The Morgan fingerprint density at radius 3 is 2.46 bits per heavy atom. The van der Waals surface area contributed by atoms with Crippen molar-refractivity contribution in [3.8, 4) is 28.7 Å². The van der Waals surface area contributed by atoms with Gasteiger partial charge in [0.25, 0.3) is 0 Å². The van der Waals surface area contributed by atoms with Gasteiger partial charge in [0.05, 0.1) is 7.11 Å². The Kier molecular flexibility index (Phi) is 4.57. The third-order valence-electron chi connectivity index (χ3n) is 3.94. The largest absolute Gasteiger partial charge is 0.508 e. The molecule has 1 heterocycles. The molecule has 0 aliphatic carbocycles. The molecule has 2 aromatic carbocycles. The highest BCUT2D eigenvalue weighted by atomic mass is 32.3. The minimum absolute atomic E-state index is 0.123. The van der Waals surface area contributed by atoms with E-state index in [0.717, 1.165) is 6.07 Å². The first-order valence-corrected chi connectivity index (χ1v) is 8.78. The Balaban J connectivity index is 2.06. The summed E-state index contributed by atoms with van der Waals surface area (Å²) in [5, 5.41) is 29.5. The molecule has 4 N–H and O–H groups in total. The topological polar surface area (TPSA) is 143 Å². The molecule has 0 amide bonds. The smallest absolute Gasteiger partial charge is 0.397 e. The van der Waals surface area contributed by atoms with Crippen molar-refractivity contribution >= 4 is 10.4 Å². The normalized spacial score (nSPS) is 19.5. The molecular weight excluding hydrogens is 368 g/mol. The maximum Gasteiger partial charge on any atom is 0.397 e. The minimum atomic E-state index is -4.81. The lowest BCUT2D eigenvalue weighted by Crippen LogP contribution is -2.34. The maximum absolute atomic E-state index is 11.2. The number of phenolic OH excluding ortho intramolecular Hbond substituents is 3. The first kappa shape index (κ1) is 18.1. The third-order valence-corrected chi connectivity index (χ3v) is 4.43. The number of benzene rings is 2. The SMILES string of the molecule is COc1ccc([C@H]2Oc3cc(O)cc(O)c3C[C@@H]2OS(=O)(=O)O)cc1O. The number of aromatic hydroxyl groups is 3. The molecule has 0 saturated carbocycles. The van der Waals surface area contributed by atoms with Gasteiger partial charge in [0.2, 0.25) is 0 Å². The molecule has 0 saturated heterocycles. The zero-order valence-electron chi connectivity index (χ0n) is 13.5. The molecule has 1 aliphatic heterocycles. The Morgan fingerprint density at radius 1 is 1.12 bits per heavy atom. The minimum Gasteiger partial charge on any atom is -0.508 e. The molecule has 9 nitrogen and oxygen atoms in total. The van der Waals surface area contributed by atoms with Crippen molar-refractivity contribution in [3.63, 3.8) is 0 Å². The Labute approximate surface area is 149 Å². The Hall–Kier alpha value is -2.69. The summed E-state index contributed by atoms with van der Waals surface area (Å²) in [5.74, 6) is -0.430. The van der Waals surface area contributed by atoms with E-state index >= 15 is 0 Å². The summed E-state index contributed by atoms with van der Waals surface area (Å²) < 4.78 is 46.8. The van der Waals surface area contributed by atoms with Crippen LogP contribution in [0.4, 0.5) is 0 Å². The molecule has 1 aliphatic rings. The molecule has 0 bridgehead atoms. The van der Waals surface area contributed by atoms with Crippen molar-refractivity contribution < 1.29 is 41.9 Å². The quantitative estimate of drug-likeness (QED) is 0.579. The Morgan fingerprint density at radius 2 is 1.85 bits per heavy atom. The lowest BCUT2D eigenvalue weighted by atomic mass is 9.94. The van der Waals surface area contributed by atoms with Crippen LogP contribution in [0.2, 0.25) is 0 Å². The van der Waals surface area contributed by atoms with Crippen LogP contribution in [0.5, 0.6) is 28.7 Å². The van der Waals surface area contributed by atoms with E-state index in [4.69, 9.17) is 18.2 Å². The lowest BCUT2D eigenvalue weighted by molar-refractivity contribution is 0.0333. The molecule has 0 spiro atoms. The molecule has 140 valence electrons. The van der Waals surface area contributed by atoms with Gasteiger partial charge in [-0.25, -0.2) is 4.18 Å². The number of hydrogen-bond donors (Lipinski definition) is 4. The predicted molar refractivity (Wildman–Crippen MR) is 87.9 cm³/mol. The fourth-order valence-electron chi connectivity index (χ4n) is 2.86. The highest BCUT2D eigenvalue weighted by Crippen LogP contribution is 2.44. The summed E-state index contributed by atoms with van der Waals surface area (Å²) in [7, 11) is -3.44. The van der Waals surface area contributed by atoms with Crippen molar-refractivity contribution in [2.24, 2.45) is 0 Å². The third kappa shape index (κ3) is 3.62. The maximum atomic E-state index is 11.2. The van der Waals surface area contributed by atoms with E-state index in [1.807, 2.05) is 0 Å². The van der Waals surface area contributed by atoms with Crippen LogP contribution >= 0.6 is 0 Å². The number of fused-ring (bicyclic) bond motifs is 1. The van der Waals surface area contributed by atoms with Gasteiger partial charge in [-0.15, -0.1) is 0 Å². The second-order valence-electron chi connectivity index (χ2n) is 5.68. The zero-order valence-corrected chi connectivity index (χ0v) is 14.3. The summed E-state index contributed by atoms with van der Waals surface area (Å²) in [5.41, 5.74) is 0.552. The zero-order chi connectivity index (χ0) is 19.1. The molecule has 10 heteroatoms. The van der Waals surface area contributed by atoms with Crippen molar-refractivity contribution in [1.82, 2.24) is 0 Å². The van der Waals surface area contributed by atoms with Gasteiger partial charge in [-0.3, -0.25) is 4.55 Å². The number of rotatable bonds is 4. The molecule has 26 heavy (non-hydrogen) atoms. The molecule has 2 atom stereocenters. The number of hydrogen-bond acceptors (Lipinski definition) is 8. The van der Waals surface area contributed by atoms with E-state index in [1.165, 1.54) is 31.4 Å². The molecule has 2 aromatic rings. The number of phenols is 3. The molecular formula is C16H16O9S. The van der Waals surface area contributed by atoms with Gasteiger partial charge in [0.1, 0.15) is 23.4 Å². The summed E-state index contributed by atoms with van der Waals surface area (Å²) in [6.07, 6.45) is -2.40. The fourth-order valence-corrected chi connectivity index (χ4v) is 3.34. The molecule has 0 fully saturated rings. The summed E-state index contributed by atoms with van der Waals surface area (Å²) >= 11 is 0. The van der Waals surface area contributed by atoms with E-state index in [-0.39, 0.29) is 40.7 Å². The van der Waals surface area contributed by atoms with Crippen LogP contribution in [0.3, 0.4) is 0 Å².